The fraction of sp³-hybridized carbons (Fsp3) is 0.333. The number of fused-ring (bicyclic) bond motifs is 1. The maximum atomic E-state index is 12.9. The molecule has 6 nitrogen and oxygen atoms in total. The van der Waals surface area contributed by atoms with Crippen LogP contribution in [0.2, 0.25) is 0 Å². The Labute approximate surface area is 148 Å². The first kappa shape index (κ1) is 17.4. The van der Waals surface area contributed by atoms with Crippen molar-refractivity contribution >= 4 is 21.4 Å². The summed E-state index contributed by atoms with van der Waals surface area (Å²) >= 11 is 0. The molecular formula is C18H22N2O4S. The Morgan fingerprint density at radius 1 is 1.16 bits per heavy atom. The van der Waals surface area contributed by atoms with Crippen LogP contribution in [0.4, 0.5) is 11.4 Å². The molecule has 2 aromatic carbocycles. The number of benzene rings is 2. The number of hydrogen-bond donors (Lipinski definition) is 1. The Morgan fingerprint density at radius 3 is 2.48 bits per heavy atom. The van der Waals surface area contributed by atoms with Gasteiger partial charge in [-0.15, -0.1) is 0 Å². The molecule has 0 saturated heterocycles. The molecule has 0 atom stereocenters. The molecule has 1 heterocycles. The lowest BCUT2D eigenvalue weighted by Gasteiger charge is -2.28. The lowest BCUT2D eigenvalue weighted by Crippen LogP contribution is -2.28. The zero-order valence-electron chi connectivity index (χ0n) is 14.8. The molecule has 0 aromatic heterocycles. The van der Waals surface area contributed by atoms with Crippen molar-refractivity contribution in [2.24, 2.45) is 0 Å². The summed E-state index contributed by atoms with van der Waals surface area (Å²) < 4.78 is 39.2. The average Bonchev–Trinajstić information content (AvgIpc) is 2.53. The van der Waals surface area contributed by atoms with Crippen LogP contribution in [-0.4, -0.2) is 35.7 Å². The van der Waals surface area contributed by atoms with Gasteiger partial charge >= 0.3 is 0 Å². The normalized spacial score (nSPS) is 13.8. The molecule has 1 aliphatic heterocycles. The van der Waals surface area contributed by atoms with Gasteiger partial charge in [0.1, 0.15) is 18.1 Å². The first-order valence-corrected chi connectivity index (χ1v) is 9.46. The molecule has 0 aliphatic carbocycles. The predicted octanol–water partition coefficient (Wildman–Crippen LogP) is 2.94. The molecule has 1 N–H and O–H groups in total. The zero-order chi connectivity index (χ0) is 18.2. The van der Waals surface area contributed by atoms with Gasteiger partial charge < -0.3 is 14.4 Å². The summed E-state index contributed by atoms with van der Waals surface area (Å²) in [6.45, 7) is 4.91. The van der Waals surface area contributed by atoms with Crippen molar-refractivity contribution in [3.8, 4) is 11.5 Å². The van der Waals surface area contributed by atoms with E-state index in [4.69, 9.17) is 9.47 Å². The number of nitrogens with one attached hydrogen (secondary N) is 1. The van der Waals surface area contributed by atoms with E-state index in [0.29, 0.717) is 34.9 Å². The van der Waals surface area contributed by atoms with E-state index in [1.54, 1.807) is 45.2 Å². The van der Waals surface area contributed by atoms with Gasteiger partial charge in [0, 0.05) is 13.1 Å². The number of nitrogens with zero attached hydrogens (tertiary/aromatic N) is 1. The molecule has 2 aromatic rings. The number of anilines is 2. The molecule has 0 unspecified atom stereocenters. The highest BCUT2D eigenvalue weighted by atomic mass is 32.2. The third-order valence-corrected chi connectivity index (χ3v) is 5.93. The van der Waals surface area contributed by atoms with Crippen molar-refractivity contribution in [1.29, 1.82) is 0 Å². The van der Waals surface area contributed by atoms with E-state index in [-0.39, 0.29) is 4.90 Å². The van der Waals surface area contributed by atoms with Gasteiger partial charge in [0.05, 0.1) is 29.9 Å². The van der Waals surface area contributed by atoms with Crippen LogP contribution in [0.1, 0.15) is 11.1 Å². The molecule has 0 fully saturated rings. The van der Waals surface area contributed by atoms with Crippen LogP contribution in [0, 0.1) is 13.8 Å². The Kier molecular flexibility index (Phi) is 4.51. The van der Waals surface area contributed by atoms with Crippen molar-refractivity contribution in [2.45, 2.75) is 18.7 Å². The molecule has 7 heteroatoms. The van der Waals surface area contributed by atoms with Crippen molar-refractivity contribution in [3.63, 3.8) is 0 Å². The monoisotopic (exact) mass is 362 g/mol. The number of sulfonamides is 1. The largest absolute Gasteiger partial charge is 0.497 e. The van der Waals surface area contributed by atoms with Crippen LogP contribution >= 0.6 is 0 Å². The molecule has 3 rings (SSSR count). The minimum Gasteiger partial charge on any atom is -0.497 e. The van der Waals surface area contributed by atoms with Crippen LogP contribution < -0.4 is 19.1 Å². The van der Waals surface area contributed by atoms with Gasteiger partial charge in [0.2, 0.25) is 0 Å². The number of ether oxygens (including phenoxy) is 2. The fourth-order valence-corrected chi connectivity index (χ4v) is 4.58. The van der Waals surface area contributed by atoms with Gasteiger partial charge in [0.15, 0.2) is 0 Å². The van der Waals surface area contributed by atoms with E-state index < -0.39 is 10.0 Å². The number of hydrogen-bond acceptors (Lipinski definition) is 5. The molecule has 0 radical (unpaired) electrons. The summed E-state index contributed by atoms with van der Waals surface area (Å²) in [5.41, 5.74) is 2.70. The Balaban J connectivity index is 1.95. The Bertz CT molecular complexity index is 886. The number of rotatable bonds is 4. The van der Waals surface area contributed by atoms with Gasteiger partial charge in [-0.25, -0.2) is 8.42 Å². The number of methoxy groups -OCH3 is 1. The van der Waals surface area contributed by atoms with Crippen molar-refractivity contribution < 1.29 is 17.9 Å². The van der Waals surface area contributed by atoms with Crippen LogP contribution in [0.15, 0.2) is 35.2 Å². The van der Waals surface area contributed by atoms with Gasteiger partial charge in [0.25, 0.3) is 10.0 Å². The predicted molar refractivity (Wildman–Crippen MR) is 98.5 cm³/mol. The highest BCUT2D eigenvalue weighted by molar-refractivity contribution is 7.92. The van der Waals surface area contributed by atoms with Crippen LogP contribution in [-0.2, 0) is 10.0 Å². The molecule has 1 aliphatic rings. The molecule has 0 saturated carbocycles. The topological polar surface area (TPSA) is 67.9 Å². The van der Waals surface area contributed by atoms with Gasteiger partial charge in [-0.1, -0.05) is 0 Å². The van der Waals surface area contributed by atoms with Gasteiger partial charge in [-0.05, 0) is 49.2 Å². The second-order valence-corrected chi connectivity index (χ2v) is 7.77. The smallest absolute Gasteiger partial charge is 0.262 e. The third-order valence-electron chi connectivity index (χ3n) is 4.25. The highest BCUT2D eigenvalue weighted by Crippen LogP contribution is 2.34. The first-order valence-electron chi connectivity index (χ1n) is 7.98. The van der Waals surface area contributed by atoms with Gasteiger partial charge in [-0.2, -0.15) is 0 Å². The van der Waals surface area contributed by atoms with Gasteiger partial charge in [-0.3, -0.25) is 4.72 Å². The van der Waals surface area contributed by atoms with Crippen molar-refractivity contribution in [1.82, 2.24) is 0 Å². The fourth-order valence-electron chi connectivity index (χ4n) is 3.08. The lowest BCUT2D eigenvalue weighted by molar-refractivity contribution is 0.311. The summed E-state index contributed by atoms with van der Waals surface area (Å²) in [6, 6.07) is 8.76. The minimum absolute atomic E-state index is 0.268. The van der Waals surface area contributed by atoms with E-state index in [1.807, 2.05) is 13.1 Å². The van der Waals surface area contributed by atoms with E-state index in [2.05, 4.69) is 9.62 Å². The SMILES string of the molecule is COc1cc(C)c(S(=O)(=O)Nc2ccc3c(c2)OCCN3C)c(C)c1. The average molecular weight is 362 g/mol. The van der Waals surface area contributed by atoms with Crippen LogP contribution in [0.5, 0.6) is 11.5 Å². The zero-order valence-corrected chi connectivity index (χ0v) is 15.6. The molecular weight excluding hydrogens is 340 g/mol. The quantitative estimate of drug-likeness (QED) is 0.906. The van der Waals surface area contributed by atoms with E-state index in [9.17, 15) is 8.42 Å². The first-order chi connectivity index (χ1) is 11.8. The molecule has 134 valence electrons. The maximum Gasteiger partial charge on any atom is 0.262 e. The number of aryl methyl sites for hydroxylation is 2. The van der Waals surface area contributed by atoms with E-state index in [0.717, 1.165) is 12.2 Å². The summed E-state index contributed by atoms with van der Waals surface area (Å²) in [6.07, 6.45) is 0. The summed E-state index contributed by atoms with van der Waals surface area (Å²) in [5.74, 6) is 1.32. The summed E-state index contributed by atoms with van der Waals surface area (Å²) in [4.78, 5) is 2.35. The van der Waals surface area contributed by atoms with Crippen molar-refractivity contribution in [2.75, 3.05) is 36.9 Å². The maximum absolute atomic E-state index is 12.9. The second-order valence-electron chi connectivity index (χ2n) is 6.15. The Morgan fingerprint density at radius 2 is 1.84 bits per heavy atom. The standard InChI is InChI=1S/C18H22N2O4S/c1-12-9-15(23-4)10-13(2)18(12)25(21,22)19-14-5-6-16-17(11-14)24-8-7-20(16)3/h5-6,9-11,19H,7-8H2,1-4H3. The molecule has 25 heavy (non-hydrogen) atoms. The molecule has 0 bridgehead atoms. The number of likely N-dealkylation sites (N-methyl/N-ethyl adjacent to an activating group) is 1. The minimum atomic E-state index is -3.71. The van der Waals surface area contributed by atoms with E-state index >= 15 is 0 Å². The highest BCUT2D eigenvalue weighted by Gasteiger charge is 2.22. The second kappa shape index (κ2) is 6.48. The molecule has 0 amide bonds. The summed E-state index contributed by atoms with van der Waals surface area (Å²) in [7, 11) is -0.173. The lowest BCUT2D eigenvalue weighted by atomic mass is 10.1. The molecule has 0 spiro atoms. The van der Waals surface area contributed by atoms with Crippen molar-refractivity contribution in [3.05, 3.63) is 41.5 Å². The van der Waals surface area contributed by atoms with Crippen LogP contribution in [0.3, 0.4) is 0 Å². The van der Waals surface area contributed by atoms with Crippen LogP contribution in [0.25, 0.3) is 0 Å². The summed E-state index contributed by atoms with van der Waals surface area (Å²) in [5, 5.41) is 0. The Hall–Kier alpha value is -2.41. The third kappa shape index (κ3) is 3.37. The van der Waals surface area contributed by atoms with E-state index in [1.165, 1.54) is 0 Å².